The van der Waals surface area contributed by atoms with Crippen LogP contribution in [0.15, 0.2) is 0 Å². The first kappa shape index (κ1) is 13.3. The largest absolute Gasteiger partial charge is 0.380 e. The molecule has 0 aromatic rings. The second-order valence-corrected chi connectivity index (χ2v) is 7.35. The molecule has 0 aliphatic heterocycles. The van der Waals surface area contributed by atoms with Crippen molar-refractivity contribution in [2.45, 2.75) is 32.6 Å². The highest BCUT2D eigenvalue weighted by Crippen LogP contribution is 2.28. The molecule has 90 valence electrons. The Kier molecular flexibility index (Phi) is 5.36. The van der Waals surface area contributed by atoms with Gasteiger partial charge < -0.3 is 4.74 Å². The summed E-state index contributed by atoms with van der Waals surface area (Å²) in [6.07, 6.45) is 4.99. The van der Waals surface area contributed by atoms with E-state index < -0.39 is 9.05 Å². The van der Waals surface area contributed by atoms with Crippen molar-refractivity contribution in [1.29, 1.82) is 0 Å². The highest BCUT2D eigenvalue weighted by atomic mass is 35.7. The Morgan fingerprint density at radius 2 is 2.13 bits per heavy atom. The lowest BCUT2D eigenvalue weighted by Gasteiger charge is -2.26. The summed E-state index contributed by atoms with van der Waals surface area (Å²) in [7, 11) is 1.68. The minimum Gasteiger partial charge on any atom is -0.380 e. The monoisotopic (exact) mass is 254 g/mol. The number of rotatable bonds is 5. The third-order valence-electron chi connectivity index (χ3n) is 2.87. The van der Waals surface area contributed by atoms with Gasteiger partial charge in [0, 0.05) is 17.3 Å². The number of halogens is 1. The van der Waals surface area contributed by atoms with Crippen LogP contribution in [0.25, 0.3) is 0 Å². The fraction of sp³-hybridized carbons (Fsp3) is 1.00. The van der Waals surface area contributed by atoms with Crippen LogP contribution in [0.1, 0.15) is 32.6 Å². The summed E-state index contributed by atoms with van der Waals surface area (Å²) >= 11 is 0. The summed E-state index contributed by atoms with van der Waals surface area (Å²) in [5, 5.41) is 0. The standard InChI is InChI=1S/C10H19ClO3S/c1-9-3-2-4-10(7-9)8-14-5-6-15(11,12)13/h9-10H,2-8H2,1H3. The van der Waals surface area contributed by atoms with Crippen molar-refractivity contribution in [2.75, 3.05) is 19.0 Å². The molecule has 0 spiro atoms. The van der Waals surface area contributed by atoms with Crippen LogP contribution in [0.5, 0.6) is 0 Å². The maximum atomic E-state index is 10.6. The topological polar surface area (TPSA) is 43.4 Å². The molecule has 2 atom stereocenters. The maximum Gasteiger partial charge on any atom is 0.234 e. The van der Waals surface area contributed by atoms with E-state index in [9.17, 15) is 8.42 Å². The summed E-state index contributed by atoms with van der Waals surface area (Å²) in [6.45, 7) is 3.16. The molecule has 0 N–H and O–H groups in total. The summed E-state index contributed by atoms with van der Waals surface area (Å²) in [6, 6.07) is 0. The molecule has 5 heteroatoms. The molecule has 0 radical (unpaired) electrons. The fourth-order valence-corrected chi connectivity index (χ4v) is 2.63. The van der Waals surface area contributed by atoms with E-state index in [4.69, 9.17) is 15.4 Å². The lowest BCUT2D eigenvalue weighted by atomic mass is 9.83. The quantitative estimate of drug-likeness (QED) is 0.559. The van der Waals surface area contributed by atoms with E-state index in [0.29, 0.717) is 12.5 Å². The first-order chi connectivity index (χ1) is 6.97. The van der Waals surface area contributed by atoms with Gasteiger partial charge in [0.2, 0.25) is 9.05 Å². The van der Waals surface area contributed by atoms with Crippen LogP contribution in [-0.4, -0.2) is 27.4 Å². The van der Waals surface area contributed by atoms with Crippen molar-refractivity contribution >= 4 is 19.7 Å². The molecule has 1 fully saturated rings. The highest BCUT2D eigenvalue weighted by molar-refractivity contribution is 8.13. The van der Waals surface area contributed by atoms with Crippen LogP contribution in [0.2, 0.25) is 0 Å². The molecule has 1 rings (SSSR count). The third kappa shape index (κ3) is 6.38. The SMILES string of the molecule is CC1CCCC(COCCS(=O)(=O)Cl)C1. The van der Waals surface area contributed by atoms with Crippen molar-refractivity contribution < 1.29 is 13.2 Å². The molecule has 3 nitrogen and oxygen atoms in total. The van der Waals surface area contributed by atoms with Gasteiger partial charge in [-0.3, -0.25) is 0 Å². The van der Waals surface area contributed by atoms with Gasteiger partial charge in [0.15, 0.2) is 0 Å². The Morgan fingerprint density at radius 3 is 2.73 bits per heavy atom. The van der Waals surface area contributed by atoms with Gasteiger partial charge in [-0.05, 0) is 24.7 Å². The Labute approximate surface area is 96.6 Å². The van der Waals surface area contributed by atoms with Gasteiger partial charge in [0.1, 0.15) is 0 Å². The first-order valence-corrected chi connectivity index (χ1v) is 7.95. The molecule has 15 heavy (non-hydrogen) atoms. The Bertz CT molecular complexity index is 276. The van der Waals surface area contributed by atoms with Crippen molar-refractivity contribution in [3.63, 3.8) is 0 Å². The molecule has 1 aliphatic carbocycles. The van der Waals surface area contributed by atoms with Gasteiger partial charge in [-0.15, -0.1) is 0 Å². The first-order valence-electron chi connectivity index (χ1n) is 5.47. The molecule has 0 heterocycles. The zero-order valence-corrected chi connectivity index (χ0v) is 10.7. The zero-order valence-electron chi connectivity index (χ0n) is 9.12. The van der Waals surface area contributed by atoms with Crippen molar-refractivity contribution in [3.05, 3.63) is 0 Å². The minimum absolute atomic E-state index is 0.0865. The average Bonchev–Trinajstić information content (AvgIpc) is 2.11. The molecule has 0 aromatic heterocycles. The molecule has 2 unspecified atom stereocenters. The van der Waals surface area contributed by atoms with E-state index in [0.717, 1.165) is 5.92 Å². The van der Waals surface area contributed by atoms with E-state index in [1.807, 2.05) is 0 Å². The van der Waals surface area contributed by atoms with E-state index in [2.05, 4.69) is 6.92 Å². The van der Waals surface area contributed by atoms with Crippen LogP contribution < -0.4 is 0 Å². The van der Waals surface area contributed by atoms with Crippen molar-refractivity contribution in [3.8, 4) is 0 Å². The molecule has 0 saturated heterocycles. The normalized spacial score (nSPS) is 27.9. The maximum absolute atomic E-state index is 10.6. The predicted octanol–water partition coefficient (Wildman–Crippen LogP) is 2.40. The van der Waals surface area contributed by atoms with Crippen molar-refractivity contribution in [2.24, 2.45) is 11.8 Å². The van der Waals surface area contributed by atoms with Crippen molar-refractivity contribution in [1.82, 2.24) is 0 Å². The molecule has 1 aliphatic rings. The molecule has 0 amide bonds. The van der Waals surface area contributed by atoms with E-state index in [1.54, 1.807) is 0 Å². The summed E-state index contributed by atoms with van der Waals surface area (Å²) < 4.78 is 26.6. The fourth-order valence-electron chi connectivity index (χ4n) is 2.12. The van der Waals surface area contributed by atoms with Gasteiger partial charge in [-0.25, -0.2) is 8.42 Å². The Hall–Kier alpha value is 0.200. The Balaban J connectivity index is 2.09. The molecule has 0 aromatic carbocycles. The van der Waals surface area contributed by atoms with Crippen LogP contribution >= 0.6 is 10.7 Å². The molecule has 1 saturated carbocycles. The lowest BCUT2D eigenvalue weighted by Crippen LogP contribution is -2.19. The third-order valence-corrected chi connectivity index (χ3v) is 3.99. The van der Waals surface area contributed by atoms with Gasteiger partial charge in [0.05, 0.1) is 12.4 Å². The summed E-state index contributed by atoms with van der Waals surface area (Å²) in [5.74, 6) is 1.30. The smallest absolute Gasteiger partial charge is 0.234 e. The van der Waals surface area contributed by atoms with Crippen LogP contribution in [0.4, 0.5) is 0 Å². The van der Waals surface area contributed by atoms with Crippen LogP contribution in [0, 0.1) is 11.8 Å². The second kappa shape index (κ2) is 6.06. The van der Waals surface area contributed by atoms with Crippen LogP contribution in [-0.2, 0) is 13.8 Å². The predicted molar refractivity (Wildman–Crippen MR) is 61.6 cm³/mol. The number of hydrogen-bond acceptors (Lipinski definition) is 3. The molecular weight excluding hydrogens is 236 g/mol. The summed E-state index contributed by atoms with van der Waals surface area (Å²) in [5.41, 5.74) is 0. The average molecular weight is 255 g/mol. The van der Waals surface area contributed by atoms with Crippen LogP contribution in [0.3, 0.4) is 0 Å². The van der Waals surface area contributed by atoms with Gasteiger partial charge >= 0.3 is 0 Å². The van der Waals surface area contributed by atoms with Gasteiger partial charge in [-0.2, -0.15) is 0 Å². The highest BCUT2D eigenvalue weighted by Gasteiger charge is 2.18. The second-order valence-electron chi connectivity index (χ2n) is 4.46. The minimum atomic E-state index is -3.39. The van der Waals surface area contributed by atoms with Gasteiger partial charge in [0.25, 0.3) is 0 Å². The zero-order chi connectivity index (χ0) is 11.3. The van der Waals surface area contributed by atoms with Gasteiger partial charge in [-0.1, -0.05) is 19.8 Å². The van der Waals surface area contributed by atoms with E-state index >= 15 is 0 Å². The summed E-state index contributed by atoms with van der Waals surface area (Å²) in [4.78, 5) is 0. The number of ether oxygens (including phenoxy) is 1. The molecular formula is C10H19ClO3S. The number of hydrogen-bond donors (Lipinski definition) is 0. The van der Waals surface area contributed by atoms with E-state index in [-0.39, 0.29) is 12.4 Å². The Morgan fingerprint density at radius 1 is 1.40 bits per heavy atom. The molecule has 0 bridgehead atoms. The lowest BCUT2D eigenvalue weighted by molar-refractivity contribution is 0.0862. The van der Waals surface area contributed by atoms with E-state index in [1.165, 1.54) is 25.7 Å².